The van der Waals surface area contributed by atoms with Gasteiger partial charge in [0.25, 0.3) is 0 Å². The van der Waals surface area contributed by atoms with Gasteiger partial charge in [0.15, 0.2) is 5.82 Å². The van der Waals surface area contributed by atoms with E-state index in [-0.39, 0.29) is 0 Å². The Hall–Kier alpha value is -0.510. The molecule has 0 saturated heterocycles. The monoisotopic (exact) mass is 172 g/mol. The van der Waals surface area contributed by atoms with Crippen LogP contribution in [0.15, 0.2) is 4.52 Å². The summed E-state index contributed by atoms with van der Waals surface area (Å²) in [5, 5.41) is 4.26. The second-order valence-corrected chi connectivity index (χ2v) is 3.76. The van der Waals surface area contributed by atoms with E-state index in [1.165, 1.54) is 0 Å². The normalized spacial score (nSPS) is 13.4. The van der Waals surface area contributed by atoms with E-state index in [1.807, 2.05) is 6.92 Å². The molecule has 0 radical (unpaired) electrons. The molecule has 0 N–H and O–H groups in total. The molecular formula is C7H12N2OS. The number of aryl methyl sites for hydroxylation is 1. The van der Waals surface area contributed by atoms with Gasteiger partial charge in [0, 0.05) is 11.7 Å². The average Bonchev–Trinajstić information content (AvgIpc) is 2.35. The summed E-state index contributed by atoms with van der Waals surface area (Å²) >= 11 is 1.80. The van der Waals surface area contributed by atoms with E-state index in [0.29, 0.717) is 11.1 Å². The van der Waals surface area contributed by atoms with Gasteiger partial charge in [-0.15, -0.1) is 0 Å². The molecule has 1 aromatic rings. The molecule has 0 aliphatic carbocycles. The Balaban J connectivity index is 2.50. The Bertz CT molecular complexity index is 224. The molecule has 0 spiro atoms. The highest BCUT2D eigenvalue weighted by molar-refractivity contribution is 7.99. The first-order valence-corrected chi connectivity index (χ1v) is 4.83. The summed E-state index contributed by atoms with van der Waals surface area (Å²) in [4.78, 5) is 4.11. The van der Waals surface area contributed by atoms with Gasteiger partial charge < -0.3 is 4.52 Å². The Morgan fingerprint density at radius 1 is 1.64 bits per heavy atom. The van der Waals surface area contributed by atoms with Crippen LogP contribution >= 0.6 is 11.8 Å². The number of rotatable bonds is 3. The summed E-state index contributed by atoms with van der Waals surface area (Å²) < 4.78 is 4.96. The third kappa shape index (κ3) is 2.54. The lowest BCUT2D eigenvalue weighted by atomic mass is 10.3. The van der Waals surface area contributed by atoms with Gasteiger partial charge in [-0.1, -0.05) is 12.1 Å². The van der Waals surface area contributed by atoms with Gasteiger partial charge in [0.2, 0.25) is 5.89 Å². The maximum atomic E-state index is 4.96. The predicted molar refractivity (Wildman–Crippen MR) is 45.7 cm³/mol. The average molecular weight is 172 g/mol. The lowest BCUT2D eigenvalue weighted by Crippen LogP contribution is -2.00. The van der Waals surface area contributed by atoms with Crippen LogP contribution in [-0.4, -0.2) is 21.6 Å². The molecule has 0 fully saturated rings. The van der Waals surface area contributed by atoms with E-state index in [4.69, 9.17) is 4.52 Å². The highest BCUT2D eigenvalue weighted by Gasteiger charge is 2.06. The fourth-order valence-electron chi connectivity index (χ4n) is 0.752. The van der Waals surface area contributed by atoms with Crippen molar-refractivity contribution in [3.63, 3.8) is 0 Å². The van der Waals surface area contributed by atoms with E-state index in [9.17, 15) is 0 Å². The van der Waals surface area contributed by atoms with Gasteiger partial charge in [0.1, 0.15) is 0 Å². The molecule has 62 valence electrons. The molecular weight excluding hydrogens is 160 g/mol. The van der Waals surface area contributed by atoms with Gasteiger partial charge in [-0.05, 0) is 13.2 Å². The minimum absolute atomic E-state index is 0.551. The maximum absolute atomic E-state index is 4.96. The molecule has 0 bridgehead atoms. The van der Waals surface area contributed by atoms with Crippen molar-refractivity contribution in [3.8, 4) is 0 Å². The number of hydrogen-bond donors (Lipinski definition) is 0. The minimum Gasteiger partial charge on any atom is -0.339 e. The number of thioether (sulfide) groups is 1. The zero-order valence-electron chi connectivity index (χ0n) is 7.00. The summed E-state index contributed by atoms with van der Waals surface area (Å²) in [5.74, 6) is 1.46. The maximum Gasteiger partial charge on any atom is 0.227 e. The van der Waals surface area contributed by atoms with Gasteiger partial charge in [-0.3, -0.25) is 0 Å². The number of nitrogens with zero attached hydrogens (tertiary/aromatic N) is 2. The van der Waals surface area contributed by atoms with Crippen molar-refractivity contribution in [3.05, 3.63) is 11.7 Å². The molecule has 1 rings (SSSR count). The highest BCUT2D eigenvalue weighted by Crippen LogP contribution is 2.10. The topological polar surface area (TPSA) is 38.9 Å². The third-order valence-corrected chi connectivity index (χ3v) is 2.41. The van der Waals surface area contributed by atoms with Crippen LogP contribution in [0, 0.1) is 6.92 Å². The zero-order valence-corrected chi connectivity index (χ0v) is 7.81. The van der Waals surface area contributed by atoms with E-state index in [0.717, 1.165) is 12.3 Å². The van der Waals surface area contributed by atoms with Crippen LogP contribution in [0.5, 0.6) is 0 Å². The standard InChI is InChI=1S/C7H12N2OS/c1-5(11-3)4-7-8-6(2)9-10-7/h5H,4H2,1-3H3. The molecule has 0 aliphatic rings. The fraction of sp³-hybridized carbons (Fsp3) is 0.714. The Kier molecular flexibility index (Phi) is 2.93. The second kappa shape index (κ2) is 3.76. The molecule has 0 aromatic carbocycles. The summed E-state index contributed by atoms with van der Waals surface area (Å²) in [6, 6.07) is 0. The summed E-state index contributed by atoms with van der Waals surface area (Å²) in [7, 11) is 0. The number of aromatic nitrogens is 2. The van der Waals surface area contributed by atoms with Crippen LogP contribution in [0.3, 0.4) is 0 Å². The molecule has 0 saturated carbocycles. The molecule has 1 heterocycles. The largest absolute Gasteiger partial charge is 0.339 e. The van der Waals surface area contributed by atoms with E-state index in [2.05, 4.69) is 23.3 Å². The van der Waals surface area contributed by atoms with Crippen LogP contribution in [-0.2, 0) is 6.42 Å². The summed E-state index contributed by atoms with van der Waals surface area (Å²) in [6.07, 6.45) is 2.94. The van der Waals surface area contributed by atoms with Crippen molar-refractivity contribution in [2.45, 2.75) is 25.5 Å². The molecule has 0 aliphatic heterocycles. The van der Waals surface area contributed by atoms with Crippen molar-refractivity contribution in [1.82, 2.24) is 10.1 Å². The summed E-state index contributed by atoms with van der Waals surface area (Å²) in [5.41, 5.74) is 0. The van der Waals surface area contributed by atoms with Crippen molar-refractivity contribution in [2.75, 3.05) is 6.26 Å². The molecule has 3 nitrogen and oxygen atoms in total. The minimum atomic E-state index is 0.551. The van der Waals surface area contributed by atoms with Crippen LogP contribution in [0.4, 0.5) is 0 Å². The van der Waals surface area contributed by atoms with Crippen LogP contribution in [0.25, 0.3) is 0 Å². The van der Waals surface area contributed by atoms with Crippen molar-refractivity contribution < 1.29 is 4.52 Å². The number of hydrogen-bond acceptors (Lipinski definition) is 4. The van der Waals surface area contributed by atoms with Crippen LogP contribution in [0.1, 0.15) is 18.6 Å². The van der Waals surface area contributed by atoms with E-state index in [1.54, 1.807) is 11.8 Å². The van der Waals surface area contributed by atoms with Gasteiger partial charge in [-0.25, -0.2) is 0 Å². The fourth-order valence-corrected chi connectivity index (χ4v) is 1.06. The van der Waals surface area contributed by atoms with Gasteiger partial charge in [0.05, 0.1) is 0 Å². The van der Waals surface area contributed by atoms with Gasteiger partial charge in [-0.2, -0.15) is 16.7 Å². The second-order valence-electron chi connectivity index (χ2n) is 2.49. The lowest BCUT2D eigenvalue weighted by molar-refractivity contribution is 0.375. The Labute approximate surface area is 70.6 Å². The van der Waals surface area contributed by atoms with Crippen molar-refractivity contribution in [2.24, 2.45) is 0 Å². The molecule has 1 atom stereocenters. The highest BCUT2D eigenvalue weighted by atomic mass is 32.2. The lowest BCUT2D eigenvalue weighted by Gasteiger charge is -2.01. The van der Waals surface area contributed by atoms with Crippen molar-refractivity contribution in [1.29, 1.82) is 0 Å². The van der Waals surface area contributed by atoms with Gasteiger partial charge >= 0.3 is 0 Å². The zero-order chi connectivity index (χ0) is 8.27. The van der Waals surface area contributed by atoms with Crippen LogP contribution < -0.4 is 0 Å². The Morgan fingerprint density at radius 3 is 2.82 bits per heavy atom. The predicted octanol–water partition coefficient (Wildman–Crippen LogP) is 1.67. The molecule has 1 aromatic heterocycles. The SMILES string of the molecule is CSC(C)Cc1nc(C)no1. The first-order chi connectivity index (χ1) is 5.22. The summed E-state index contributed by atoms with van der Waals surface area (Å²) in [6.45, 7) is 3.97. The molecule has 1 unspecified atom stereocenters. The van der Waals surface area contributed by atoms with Crippen molar-refractivity contribution >= 4 is 11.8 Å². The first kappa shape index (κ1) is 8.59. The molecule has 4 heteroatoms. The molecule has 11 heavy (non-hydrogen) atoms. The van der Waals surface area contributed by atoms with Crippen LogP contribution in [0.2, 0.25) is 0 Å². The third-order valence-electron chi connectivity index (χ3n) is 1.43. The smallest absolute Gasteiger partial charge is 0.227 e. The molecule has 0 amide bonds. The van der Waals surface area contributed by atoms with E-state index >= 15 is 0 Å². The quantitative estimate of drug-likeness (QED) is 0.695. The Morgan fingerprint density at radius 2 is 2.36 bits per heavy atom. The van der Waals surface area contributed by atoms with E-state index < -0.39 is 0 Å². The first-order valence-electron chi connectivity index (χ1n) is 3.54.